The Kier molecular flexibility index (Phi) is 14.5. The Bertz CT molecular complexity index is 239. The van der Waals surface area contributed by atoms with Gasteiger partial charge in [0.25, 0.3) is 0 Å². The van der Waals surface area contributed by atoms with E-state index in [-0.39, 0.29) is 0 Å². The molecule has 0 N–H and O–H groups in total. The first kappa shape index (κ1) is 17.0. The molecule has 16 heavy (non-hydrogen) atoms. The maximum atomic E-state index is 4.17. The standard InChI is InChI=1S/C7H11N.C6H8.C2H6/c1-6-3-4-7(2)8-5-6;1-3-5-6-4-2;1-2/h5H,3-4H2,1-2H3;3-6H,1-2H2;1-2H3/b;6-5-;. The van der Waals surface area contributed by atoms with Gasteiger partial charge in [0.2, 0.25) is 0 Å². The molecular formula is C15H25N. The van der Waals surface area contributed by atoms with Crippen molar-refractivity contribution in [3.8, 4) is 0 Å². The quantitative estimate of drug-likeness (QED) is 0.574. The van der Waals surface area contributed by atoms with Crippen LogP contribution in [0.3, 0.4) is 0 Å². The highest BCUT2D eigenvalue weighted by molar-refractivity contribution is 5.83. The van der Waals surface area contributed by atoms with Crippen LogP contribution in [0.25, 0.3) is 0 Å². The summed E-state index contributed by atoms with van der Waals surface area (Å²) in [6.45, 7) is 15.1. The zero-order valence-corrected chi connectivity index (χ0v) is 11.2. The highest BCUT2D eigenvalue weighted by Gasteiger charge is 1.97. The molecule has 1 nitrogen and oxygen atoms in total. The summed E-state index contributed by atoms with van der Waals surface area (Å²) in [7, 11) is 0. The van der Waals surface area contributed by atoms with E-state index in [1.54, 1.807) is 12.2 Å². The van der Waals surface area contributed by atoms with Crippen molar-refractivity contribution in [3.05, 3.63) is 49.2 Å². The molecule has 0 aromatic heterocycles. The van der Waals surface area contributed by atoms with Gasteiger partial charge >= 0.3 is 0 Å². The molecule has 0 aromatic rings. The molecule has 1 aliphatic rings. The van der Waals surface area contributed by atoms with Crippen LogP contribution in [0.4, 0.5) is 0 Å². The van der Waals surface area contributed by atoms with Crippen LogP contribution < -0.4 is 0 Å². The first-order valence-electron chi connectivity index (χ1n) is 5.79. The fourth-order valence-corrected chi connectivity index (χ4v) is 0.885. The molecule has 0 aromatic carbocycles. The second-order valence-corrected chi connectivity index (χ2v) is 3.20. The van der Waals surface area contributed by atoms with Crippen LogP contribution in [-0.2, 0) is 0 Å². The van der Waals surface area contributed by atoms with Gasteiger partial charge in [-0.25, -0.2) is 0 Å². The molecule has 0 saturated carbocycles. The summed E-state index contributed by atoms with van der Waals surface area (Å²) in [6, 6.07) is 0. The van der Waals surface area contributed by atoms with E-state index in [9.17, 15) is 0 Å². The summed E-state index contributed by atoms with van der Waals surface area (Å²) in [5.74, 6) is 0. The van der Waals surface area contributed by atoms with Gasteiger partial charge in [0.15, 0.2) is 0 Å². The lowest BCUT2D eigenvalue weighted by Crippen LogP contribution is -1.95. The van der Waals surface area contributed by atoms with E-state index < -0.39 is 0 Å². The molecule has 0 radical (unpaired) electrons. The van der Waals surface area contributed by atoms with Gasteiger partial charge in [0.1, 0.15) is 0 Å². The van der Waals surface area contributed by atoms with Crippen LogP contribution in [0.15, 0.2) is 54.2 Å². The predicted molar refractivity (Wildman–Crippen MR) is 77.0 cm³/mol. The Hall–Kier alpha value is -1.37. The van der Waals surface area contributed by atoms with Crippen molar-refractivity contribution in [1.82, 2.24) is 0 Å². The largest absolute Gasteiger partial charge is 0.266 e. The molecule has 90 valence electrons. The second-order valence-electron chi connectivity index (χ2n) is 3.20. The summed E-state index contributed by atoms with van der Waals surface area (Å²) in [6.07, 6.45) is 11.4. The zero-order valence-electron chi connectivity index (χ0n) is 11.2. The average Bonchev–Trinajstić information content (AvgIpc) is 2.34. The first-order chi connectivity index (χ1) is 7.70. The smallest absolute Gasteiger partial charge is 0.0256 e. The normalized spacial score (nSPS) is 13.5. The summed E-state index contributed by atoms with van der Waals surface area (Å²) in [5.41, 5.74) is 2.66. The van der Waals surface area contributed by atoms with Crippen molar-refractivity contribution in [2.45, 2.75) is 40.5 Å². The Morgan fingerprint density at radius 2 is 1.56 bits per heavy atom. The molecule has 1 rings (SSSR count). The fourth-order valence-electron chi connectivity index (χ4n) is 0.885. The minimum absolute atomic E-state index is 1.16. The van der Waals surface area contributed by atoms with Crippen molar-refractivity contribution in [2.75, 3.05) is 0 Å². The highest BCUT2D eigenvalue weighted by atomic mass is 14.7. The fraction of sp³-hybridized carbons (Fsp3) is 0.400. The Balaban J connectivity index is 0. The van der Waals surface area contributed by atoms with Crippen LogP contribution in [0.2, 0.25) is 0 Å². The lowest BCUT2D eigenvalue weighted by Gasteiger charge is -2.04. The third-order valence-corrected chi connectivity index (χ3v) is 1.77. The van der Waals surface area contributed by atoms with Crippen molar-refractivity contribution in [3.63, 3.8) is 0 Å². The van der Waals surface area contributed by atoms with Crippen molar-refractivity contribution < 1.29 is 0 Å². The minimum atomic E-state index is 1.16. The molecule has 0 unspecified atom stereocenters. The van der Waals surface area contributed by atoms with Crippen LogP contribution >= 0.6 is 0 Å². The summed E-state index contributed by atoms with van der Waals surface area (Å²) in [5, 5.41) is 0. The molecule has 0 spiro atoms. The first-order valence-corrected chi connectivity index (χ1v) is 5.79. The monoisotopic (exact) mass is 219 g/mol. The Labute approximate surface area is 101 Å². The van der Waals surface area contributed by atoms with Gasteiger partial charge in [-0.2, -0.15) is 0 Å². The molecule has 1 heteroatoms. The van der Waals surface area contributed by atoms with E-state index in [1.165, 1.54) is 17.7 Å². The second kappa shape index (κ2) is 13.6. The molecule has 0 bridgehead atoms. The van der Waals surface area contributed by atoms with Crippen LogP contribution in [0.5, 0.6) is 0 Å². The molecular weight excluding hydrogens is 194 g/mol. The maximum absolute atomic E-state index is 4.17. The van der Waals surface area contributed by atoms with E-state index in [0.717, 1.165) is 6.42 Å². The van der Waals surface area contributed by atoms with Crippen LogP contribution in [0, 0.1) is 0 Å². The van der Waals surface area contributed by atoms with Crippen LogP contribution in [-0.4, -0.2) is 5.71 Å². The van der Waals surface area contributed by atoms with E-state index in [0.29, 0.717) is 0 Å². The minimum Gasteiger partial charge on any atom is -0.266 e. The number of nitrogens with zero attached hydrogens (tertiary/aromatic N) is 1. The van der Waals surface area contributed by atoms with Gasteiger partial charge in [-0.1, -0.05) is 56.9 Å². The SMILES string of the molecule is C=C/C=C\C=C.CC.CC1=CN=C(C)CC1. The number of aliphatic imine (C=N–C) groups is 1. The number of rotatable bonds is 2. The van der Waals surface area contributed by atoms with Crippen molar-refractivity contribution >= 4 is 5.71 Å². The average molecular weight is 219 g/mol. The Morgan fingerprint density at radius 3 is 1.81 bits per heavy atom. The number of hydrogen-bond donors (Lipinski definition) is 0. The van der Waals surface area contributed by atoms with E-state index >= 15 is 0 Å². The number of hydrogen-bond acceptors (Lipinski definition) is 1. The lowest BCUT2D eigenvalue weighted by molar-refractivity contribution is 0.972. The molecule has 1 aliphatic heterocycles. The summed E-state index contributed by atoms with van der Waals surface area (Å²) in [4.78, 5) is 4.17. The molecule has 0 amide bonds. The van der Waals surface area contributed by atoms with E-state index in [2.05, 4.69) is 32.0 Å². The molecule has 1 heterocycles. The topological polar surface area (TPSA) is 12.4 Å². The third kappa shape index (κ3) is 12.6. The van der Waals surface area contributed by atoms with Crippen molar-refractivity contribution in [2.24, 2.45) is 4.99 Å². The van der Waals surface area contributed by atoms with Gasteiger partial charge in [-0.05, 0) is 26.7 Å². The molecule has 0 saturated heterocycles. The summed E-state index contributed by atoms with van der Waals surface area (Å²) >= 11 is 0. The lowest BCUT2D eigenvalue weighted by atomic mass is 10.1. The highest BCUT2D eigenvalue weighted by Crippen LogP contribution is 2.10. The third-order valence-electron chi connectivity index (χ3n) is 1.77. The molecule has 0 atom stereocenters. The van der Waals surface area contributed by atoms with Gasteiger partial charge in [-0.3, -0.25) is 4.99 Å². The van der Waals surface area contributed by atoms with E-state index in [4.69, 9.17) is 0 Å². The van der Waals surface area contributed by atoms with Gasteiger partial charge < -0.3 is 0 Å². The summed E-state index contributed by atoms with van der Waals surface area (Å²) < 4.78 is 0. The Morgan fingerprint density at radius 1 is 1.06 bits per heavy atom. The van der Waals surface area contributed by atoms with E-state index in [1.807, 2.05) is 32.2 Å². The maximum Gasteiger partial charge on any atom is 0.0256 e. The van der Waals surface area contributed by atoms with Gasteiger partial charge in [0, 0.05) is 11.9 Å². The van der Waals surface area contributed by atoms with Gasteiger partial charge in [0.05, 0.1) is 0 Å². The van der Waals surface area contributed by atoms with Crippen molar-refractivity contribution in [1.29, 1.82) is 0 Å². The zero-order chi connectivity index (χ0) is 12.8. The van der Waals surface area contributed by atoms with Gasteiger partial charge in [-0.15, -0.1) is 0 Å². The number of allylic oxidation sites excluding steroid dienone is 5. The predicted octanol–water partition coefficient (Wildman–Crippen LogP) is 5.09. The molecule has 0 aliphatic carbocycles. The molecule has 0 fully saturated rings. The van der Waals surface area contributed by atoms with Crippen LogP contribution in [0.1, 0.15) is 40.5 Å².